The highest BCUT2D eigenvalue weighted by Gasteiger charge is 2.29. The largest absolute Gasteiger partial charge is 0.327 e. The molecule has 0 fully saturated rings. The third-order valence-corrected chi connectivity index (χ3v) is 6.04. The van der Waals surface area contributed by atoms with Crippen LogP contribution in [-0.2, 0) is 17.6 Å². The van der Waals surface area contributed by atoms with Crippen molar-refractivity contribution in [2.24, 2.45) is 0 Å². The van der Waals surface area contributed by atoms with Crippen molar-refractivity contribution in [1.29, 1.82) is 0 Å². The lowest BCUT2D eigenvalue weighted by molar-refractivity contribution is -0.118. The van der Waals surface area contributed by atoms with Gasteiger partial charge in [0.25, 0.3) is 5.91 Å². The molecule has 0 bridgehead atoms. The lowest BCUT2D eigenvalue weighted by atomic mass is 9.90. The van der Waals surface area contributed by atoms with Gasteiger partial charge in [0.15, 0.2) is 5.82 Å². The fourth-order valence-electron chi connectivity index (χ4n) is 4.09. The number of halogens is 1. The van der Waals surface area contributed by atoms with Crippen molar-refractivity contribution in [1.82, 2.24) is 9.97 Å². The molecule has 1 aromatic heterocycles. The van der Waals surface area contributed by atoms with Gasteiger partial charge in [-0.2, -0.15) is 4.98 Å². The predicted octanol–water partition coefficient (Wildman–Crippen LogP) is 4.29. The van der Waals surface area contributed by atoms with Crippen LogP contribution in [0.2, 0.25) is 5.02 Å². The number of benzene rings is 2. The molecule has 1 N–H and O–H groups in total. The molecule has 156 valence electrons. The van der Waals surface area contributed by atoms with Crippen LogP contribution in [0.1, 0.15) is 27.9 Å². The number of carbonyl (C=O) groups excluding carboxylic acids is 2. The summed E-state index contributed by atoms with van der Waals surface area (Å²) >= 11 is 6.19. The zero-order valence-electron chi connectivity index (χ0n) is 17.1. The monoisotopic (exact) mass is 433 g/mol. The van der Waals surface area contributed by atoms with Gasteiger partial charge in [0.1, 0.15) is 11.5 Å². The van der Waals surface area contributed by atoms with Gasteiger partial charge in [-0.1, -0.05) is 17.7 Å². The first-order valence-electron chi connectivity index (χ1n) is 9.99. The zero-order valence-corrected chi connectivity index (χ0v) is 17.9. The highest BCUT2D eigenvalue weighted by atomic mass is 35.5. The molecular weight excluding hydrogens is 414 g/mol. The number of hydrogen-bond donors (Lipinski definition) is 1. The maximum absolute atomic E-state index is 13.0. The molecule has 0 saturated carbocycles. The molecule has 2 heterocycles. The highest BCUT2D eigenvalue weighted by molar-refractivity contribution is 6.31. The summed E-state index contributed by atoms with van der Waals surface area (Å²) in [5, 5.41) is 3.80. The van der Waals surface area contributed by atoms with E-state index in [9.17, 15) is 9.59 Å². The molecule has 31 heavy (non-hydrogen) atoms. The Kier molecular flexibility index (Phi) is 4.63. The predicted molar refractivity (Wildman–Crippen MR) is 121 cm³/mol. The summed E-state index contributed by atoms with van der Waals surface area (Å²) in [4.78, 5) is 37.2. The average Bonchev–Trinajstić information content (AvgIpc) is 2.84. The van der Waals surface area contributed by atoms with Crippen molar-refractivity contribution in [3.63, 3.8) is 0 Å². The molecule has 0 unspecified atom stereocenters. The van der Waals surface area contributed by atoms with Crippen LogP contribution in [0.3, 0.4) is 0 Å². The maximum Gasteiger partial charge on any atom is 0.260 e. The third kappa shape index (κ3) is 3.41. The summed E-state index contributed by atoms with van der Waals surface area (Å²) in [7, 11) is 3.56. The number of fused-ring (bicyclic) bond motifs is 3. The molecule has 0 saturated heterocycles. The Hall–Kier alpha value is -3.45. The van der Waals surface area contributed by atoms with Gasteiger partial charge in [-0.05, 0) is 47.9 Å². The Morgan fingerprint density at radius 2 is 1.81 bits per heavy atom. The number of nitrogens with one attached hydrogen (secondary N) is 1. The Morgan fingerprint density at radius 3 is 2.65 bits per heavy atom. The molecule has 1 amide bonds. The minimum Gasteiger partial charge on any atom is -0.327 e. The fourth-order valence-corrected chi connectivity index (χ4v) is 4.26. The fraction of sp³-hybridized carbons (Fsp3) is 0.217. The minimum absolute atomic E-state index is 0.147. The van der Waals surface area contributed by atoms with Gasteiger partial charge in [-0.15, -0.1) is 0 Å². The summed E-state index contributed by atoms with van der Waals surface area (Å²) in [5.41, 5.74) is 4.95. The topological polar surface area (TPSA) is 78.4 Å². The first kappa shape index (κ1) is 19.5. The first-order valence-corrected chi connectivity index (χ1v) is 10.4. The van der Waals surface area contributed by atoms with Gasteiger partial charge in [0, 0.05) is 37.6 Å². The number of nitrogens with zero attached hydrogens (tertiary/aromatic N) is 4. The molecule has 0 radical (unpaired) electrons. The van der Waals surface area contributed by atoms with E-state index in [0.29, 0.717) is 46.6 Å². The van der Waals surface area contributed by atoms with Crippen LogP contribution < -0.4 is 15.1 Å². The van der Waals surface area contributed by atoms with E-state index >= 15 is 0 Å². The van der Waals surface area contributed by atoms with Crippen LogP contribution in [0.15, 0.2) is 42.6 Å². The van der Waals surface area contributed by atoms with Crippen LogP contribution in [0.4, 0.5) is 28.8 Å². The van der Waals surface area contributed by atoms with E-state index in [-0.39, 0.29) is 11.7 Å². The normalized spacial score (nSPS) is 15.2. The Balaban J connectivity index is 1.52. The highest BCUT2D eigenvalue weighted by Crippen LogP contribution is 2.39. The summed E-state index contributed by atoms with van der Waals surface area (Å²) < 4.78 is 0. The Bertz CT molecular complexity index is 1240. The van der Waals surface area contributed by atoms with E-state index in [0.717, 1.165) is 17.7 Å². The molecule has 0 atom stereocenters. The second-order valence-electron chi connectivity index (χ2n) is 7.81. The van der Waals surface area contributed by atoms with Crippen molar-refractivity contribution in [2.45, 2.75) is 19.3 Å². The molecule has 0 spiro atoms. The standard InChI is InChI=1S/C23H20ClN5O2/c1-28-19-11-15(24)5-8-18(19)22(31)29(2)20-12-25-23(27-21(20)28)26-16-6-3-14-10-17(30)7-4-13(14)9-16/h3,5-6,8-9,11-12H,4,7,10H2,1-2H3,(H,25,26,27). The Labute approximate surface area is 184 Å². The van der Waals surface area contributed by atoms with Crippen LogP contribution in [0.5, 0.6) is 0 Å². The molecule has 5 rings (SSSR count). The SMILES string of the molecule is CN1C(=O)c2ccc(Cl)cc2N(C)c2nc(Nc3ccc4c(c3)CCC(=O)C4)ncc21. The van der Waals surface area contributed by atoms with Gasteiger partial charge in [0.2, 0.25) is 5.95 Å². The lowest BCUT2D eigenvalue weighted by Crippen LogP contribution is -2.25. The van der Waals surface area contributed by atoms with Crippen LogP contribution in [0, 0.1) is 0 Å². The number of amides is 1. The minimum atomic E-state index is -0.147. The number of hydrogen-bond acceptors (Lipinski definition) is 6. The van der Waals surface area contributed by atoms with Gasteiger partial charge in [0.05, 0.1) is 17.4 Å². The van der Waals surface area contributed by atoms with Gasteiger partial charge in [-0.3, -0.25) is 9.59 Å². The summed E-state index contributed by atoms with van der Waals surface area (Å²) in [6.45, 7) is 0. The van der Waals surface area contributed by atoms with E-state index in [1.54, 1.807) is 36.3 Å². The van der Waals surface area contributed by atoms with Crippen molar-refractivity contribution in [2.75, 3.05) is 29.2 Å². The van der Waals surface area contributed by atoms with E-state index < -0.39 is 0 Å². The second kappa shape index (κ2) is 7.35. The van der Waals surface area contributed by atoms with Gasteiger partial charge in [-0.25, -0.2) is 4.98 Å². The van der Waals surface area contributed by atoms with Crippen molar-refractivity contribution in [3.05, 3.63) is 64.3 Å². The van der Waals surface area contributed by atoms with Gasteiger partial charge < -0.3 is 15.1 Å². The summed E-state index contributed by atoms with van der Waals surface area (Å²) in [6, 6.07) is 11.2. The molecule has 1 aliphatic heterocycles. The lowest BCUT2D eigenvalue weighted by Gasteiger charge is -2.21. The average molecular weight is 434 g/mol. The van der Waals surface area contributed by atoms with E-state index in [2.05, 4.69) is 10.3 Å². The summed E-state index contributed by atoms with van der Waals surface area (Å²) in [6.07, 6.45) is 3.47. The quantitative estimate of drug-likeness (QED) is 0.649. The molecule has 8 heteroatoms. The number of ketones is 1. The number of anilines is 5. The van der Waals surface area contributed by atoms with Crippen molar-refractivity contribution >= 4 is 52.1 Å². The number of Topliss-reactive ketones (excluding diaryl/α,β-unsaturated/α-hetero) is 1. The summed E-state index contributed by atoms with van der Waals surface area (Å²) in [5.74, 6) is 1.15. The van der Waals surface area contributed by atoms with Crippen LogP contribution in [-0.4, -0.2) is 35.8 Å². The number of carbonyl (C=O) groups is 2. The number of rotatable bonds is 2. The third-order valence-electron chi connectivity index (χ3n) is 5.81. The maximum atomic E-state index is 13.0. The molecule has 3 aromatic rings. The second-order valence-corrected chi connectivity index (χ2v) is 8.25. The molecule has 7 nitrogen and oxygen atoms in total. The van der Waals surface area contributed by atoms with Crippen LogP contribution >= 0.6 is 11.6 Å². The van der Waals surface area contributed by atoms with E-state index in [1.807, 2.05) is 30.1 Å². The Morgan fingerprint density at radius 1 is 0.968 bits per heavy atom. The smallest absolute Gasteiger partial charge is 0.260 e. The molecule has 2 aliphatic rings. The number of aromatic nitrogens is 2. The van der Waals surface area contributed by atoms with E-state index in [1.165, 1.54) is 5.56 Å². The van der Waals surface area contributed by atoms with Crippen LogP contribution in [0.25, 0.3) is 0 Å². The first-order chi connectivity index (χ1) is 14.9. The molecular formula is C23H20ClN5O2. The van der Waals surface area contributed by atoms with Crippen molar-refractivity contribution in [3.8, 4) is 0 Å². The van der Waals surface area contributed by atoms with E-state index in [4.69, 9.17) is 16.6 Å². The van der Waals surface area contributed by atoms with Crippen molar-refractivity contribution < 1.29 is 9.59 Å². The zero-order chi connectivity index (χ0) is 21.7. The number of aryl methyl sites for hydroxylation is 1. The molecule has 2 aromatic carbocycles. The van der Waals surface area contributed by atoms with Gasteiger partial charge >= 0.3 is 0 Å². The molecule has 1 aliphatic carbocycles.